The highest BCUT2D eigenvalue weighted by Gasteiger charge is 2.34. The Balaban J connectivity index is 1.29. The van der Waals surface area contributed by atoms with Gasteiger partial charge in [-0.25, -0.2) is 0 Å². The highest BCUT2D eigenvalue weighted by atomic mass is 32.2. The molecule has 0 radical (unpaired) electrons. The number of fused-ring (bicyclic) bond motifs is 2. The van der Waals surface area contributed by atoms with E-state index < -0.39 is 36.1 Å². The summed E-state index contributed by atoms with van der Waals surface area (Å²) in [6.45, 7) is 6.05. The lowest BCUT2D eigenvalue weighted by Gasteiger charge is -2.27. The quantitative estimate of drug-likeness (QED) is 0.148. The van der Waals surface area contributed by atoms with Crippen LogP contribution in [0.25, 0.3) is 22.0 Å². The molecule has 0 saturated carbocycles. The van der Waals surface area contributed by atoms with Crippen molar-refractivity contribution in [3.63, 3.8) is 0 Å². The molecular weight excluding hydrogens is 895 g/mol. The molecule has 0 aliphatic carbocycles. The Bertz CT molecular complexity index is 2720. The van der Waals surface area contributed by atoms with Gasteiger partial charge in [0.25, 0.3) is 22.9 Å². The van der Waals surface area contributed by atoms with Gasteiger partial charge in [0.1, 0.15) is 40.9 Å². The molecule has 2 aromatic carbocycles. The Morgan fingerprint density at radius 1 is 0.656 bits per heavy atom. The minimum atomic E-state index is -1.20. The Hall–Kier alpha value is -4.66. The summed E-state index contributed by atoms with van der Waals surface area (Å²) in [4.78, 5) is 83.3. The van der Waals surface area contributed by atoms with Crippen molar-refractivity contribution < 1.29 is 29.4 Å². The molecule has 19 heteroatoms. The van der Waals surface area contributed by atoms with Gasteiger partial charge in [0.05, 0.1) is 9.06 Å². The van der Waals surface area contributed by atoms with Gasteiger partial charge in [-0.15, -0.1) is 22.7 Å². The van der Waals surface area contributed by atoms with Crippen LogP contribution < -0.4 is 34.4 Å². The molecule has 0 unspecified atom stereocenters. The first-order valence-corrected chi connectivity index (χ1v) is 23.8. The van der Waals surface area contributed by atoms with Crippen LogP contribution in [0.1, 0.15) is 68.7 Å². The number of nitrogens with zero attached hydrogens (tertiary/aromatic N) is 5. The Kier molecular flexibility index (Phi) is 13.7. The Morgan fingerprint density at radius 3 is 1.48 bits per heavy atom. The number of thioether (sulfide) groups is 2. The summed E-state index contributed by atoms with van der Waals surface area (Å²) in [6.07, 6.45) is 9.01. The second-order valence-corrected chi connectivity index (χ2v) is 19.7. The van der Waals surface area contributed by atoms with Gasteiger partial charge in [0.2, 0.25) is 0 Å². The third-order valence-corrected chi connectivity index (χ3v) is 15.8. The summed E-state index contributed by atoms with van der Waals surface area (Å²) in [5, 5.41) is 19.4. The van der Waals surface area contributed by atoms with Crippen LogP contribution in [-0.4, -0.2) is 81.2 Å². The van der Waals surface area contributed by atoms with Gasteiger partial charge in [-0.3, -0.25) is 47.7 Å². The van der Waals surface area contributed by atoms with E-state index in [1.54, 1.807) is 26.0 Å². The van der Waals surface area contributed by atoms with Crippen LogP contribution in [0.2, 0.25) is 0 Å². The average molecular weight is 936 g/mol. The molecule has 2 saturated heterocycles. The van der Waals surface area contributed by atoms with E-state index in [2.05, 4.69) is 11.8 Å². The molecule has 4 aromatic rings. The number of rotatable bonds is 13. The lowest BCUT2D eigenvalue weighted by molar-refractivity contribution is -0.138. The highest BCUT2D eigenvalue weighted by molar-refractivity contribution is 8.30. The average Bonchev–Trinajstić information content (AvgIpc) is 3.85. The first-order chi connectivity index (χ1) is 29.2. The maximum absolute atomic E-state index is 13.7. The molecule has 2 aromatic heterocycles. The minimum Gasteiger partial charge on any atom is -0.480 e. The molecule has 3 aliphatic heterocycles. The summed E-state index contributed by atoms with van der Waals surface area (Å²) in [5.74, 6) is -3.11. The van der Waals surface area contributed by atoms with Gasteiger partial charge in [-0.2, -0.15) is 0 Å². The van der Waals surface area contributed by atoms with E-state index in [0.717, 1.165) is 121 Å². The zero-order valence-corrected chi connectivity index (χ0v) is 38.3. The lowest BCUT2D eigenvalue weighted by Crippen LogP contribution is -2.35. The molecule has 0 atom stereocenters. The van der Waals surface area contributed by atoms with E-state index in [-0.39, 0.29) is 31.0 Å². The van der Waals surface area contributed by atoms with Gasteiger partial charge >= 0.3 is 11.9 Å². The third-order valence-electron chi connectivity index (χ3n) is 10.4. The predicted octanol–water partition coefficient (Wildman–Crippen LogP) is 3.75. The number of aliphatic carboxylic acids is 2. The molecule has 2 amide bonds. The lowest BCUT2D eigenvalue weighted by atomic mass is 10.0. The Morgan fingerprint density at radius 2 is 1.10 bits per heavy atom. The number of carbonyl (C=O) groups is 4. The number of benzene rings is 2. The summed E-state index contributed by atoms with van der Waals surface area (Å²) >= 11 is 15.1. The van der Waals surface area contributed by atoms with Gasteiger partial charge in [-0.1, -0.05) is 86.3 Å². The number of anilines is 2. The van der Waals surface area contributed by atoms with Crippen molar-refractivity contribution in [1.82, 2.24) is 18.9 Å². The van der Waals surface area contributed by atoms with Crippen molar-refractivity contribution in [2.45, 2.75) is 72.4 Å². The fraction of sp³-hybridized carbons (Fsp3) is 0.333. The van der Waals surface area contributed by atoms with Crippen LogP contribution in [0.4, 0.5) is 11.4 Å². The highest BCUT2D eigenvalue weighted by Crippen LogP contribution is 2.38. The van der Waals surface area contributed by atoms with Crippen molar-refractivity contribution in [2.75, 3.05) is 24.5 Å². The molecule has 61 heavy (non-hydrogen) atoms. The standard InChI is InChI=1S/C42H41N5O8S6/c1-4-7-8-9-16-45-27-14-10-23(19-29-35(52)46(21-31(48)49)39(58-29)33-37(54)43(5-2)41(56)60-33)17-25(27)12-13-26-18-24(11-15-28(26)45)20-30-36(53)47(22-32(50)51)40(59-30)34-38(55)44(6-3)42(57)61-34/h10-11,14-15,17-20H,4-9,12-13,16,21-22H2,1-3H3,(H,48,49)(H,50,51)/b29-19+,30-20+,39-33+,40-34+. The van der Waals surface area contributed by atoms with Gasteiger partial charge < -0.3 is 15.1 Å². The van der Waals surface area contributed by atoms with E-state index in [4.69, 9.17) is 24.4 Å². The second-order valence-electron chi connectivity index (χ2n) is 14.4. The second kappa shape index (κ2) is 18.8. The number of carbonyl (C=O) groups excluding carboxylic acids is 2. The predicted molar refractivity (Wildman–Crippen MR) is 251 cm³/mol. The number of hydrogen-bond acceptors (Lipinski definition) is 13. The molecule has 3 aliphatic rings. The van der Waals surface area contributed by atoms with Gasteiger partial charge in [0, 0.05) is 31.0 Å². The number of aryl methyl sites for hydroxylation is 2. The van der Waals surface area contributed by atoms with E-state index >= 15 is 0 Å². The fourth-order valence-corrected chi connectivity index (χ4v) is 12.8. The number of unbranched alkanes of at least 4 members (excludes halogenated alkanes) is 3. The molecule has 5 heterocycles. The number of thiocarbonyl (C=S) groups is 2. The van der Waals surface area contributed by atoms with E-state index in [1.807, 2.05) is 36.4 Å². The summed E-state index contributed by atoms with van der Waals surface area (Å²) < 4.78 is 4.10. The van der Waals surface area contributed by atoms with Gasteiger partial charge in [0.15, 0.2) is 0 Å². The summed E-state index contributed by atoms with van der Waals surface area (Å²) in [7, 11) is 0. The number of hydrogen-bond donors (Lipinski definition) is 2. The zero-order valence-electron chi connectivity index (χ0n) is 33.4. The molecule has 7 rings (SSSR count). The maximum Gasteiger partial charge on any atom is 0.323 e. The van der Waals surface area contributed by atoms with Crippen LogP contribution in [0.15, 0.2) is 46.0 Å². The van der Waals surface area contributed by atoms with Crippen LogP contribution >= 0.6 is 70.6 Å². The summed E-state index contributed by atoms with van der Waals surface area (Å²) in [5.41, 5.74) is 4.69. The number of amides is 2. The van der Waals surface area contributed by atoms with E-state index in [0.29, 0.717) is 43.6 Å². The van der Waals surface area contributed by atoms with Crippen molar-refractivity contribution in [2.24, 2.45) is 0 Å². The first-order valence-electron chi connectivity index (χ1n) is 19.7. The largest absolute Gasteiger partial charge is 0.480 e. The fourth-order valence-electron chi connectivity index (χ4n) is 7.49. The summed E-state index contributed by atoms with van der Waals surface area (Å²) in [6, 6.07) is 12.1. The minimum absolute atomic E-state index is 0.241. The van der Waals surface area contributed by atoms with Crippen molar-refractivity contribution in [3.05, 3.63) is 97.7 Å². The molecule has 318 valence electrons. The SMILES string of the molecule is CCCCCCN1c2ccc(/C=c3/s/c(=C4/SC(=S)N(CC)C4=O)n(CC(=O)O)c3=O)cc2CCc2cc(/C=c3/s/c(=C4/SC(=S)N(CC)C4=O)n(CC(=O)O)c3=O)ccc21. The normalized spacial score (nSPS) is 17.8. The van der Waals surface area contributed by atoms with Crippen molar-refractivity contribution >= 4 is 136 Å². The van der Waals surface area contributed by atoms with Crippen molar-refractivity contribution in [1.29, 1.82) is 0 Å². The topological polar surface area (TPSA) is 162 Å². The molecule has 2 N–H and O–H groups in total. The number of carboxylic acid groups (broad SMARTS) is 2. The first kappa shape index (κ1) is 44.4. The molecule has 13 nitrogen and oxygen atoms in total. The van der Waals surface area contributed by atoms with Crippen LogP contribution in [0, 0.1) is 0 Å². The smallest absolute Gasteiger partial charge is 0.323 e. The van der Waals surface area contributed by atoms with E-state index in [1.165, 1.54) is 9.80 Å². The van der Waals surface area contributed by atoms with Crippen LogP contribution in [-0.2, 0) is 45.1 Å². The Labute approximate surface area is 377 Å². The number of aromatic nitrogens is 2. The molecule has 0 bridgehead atoms. The van der Waals surface area contributed by atoms with Crippen molar-refractivity contribution in [3.8, 4) is 0 Å². The van der Waals surface area contributed by atoms with Crippen LogP contribution in [0.5, 0.6) is 0 Å². The van der Waals surface area contributed by atoms with Gasteiger partial charge in [-0.05, 0) is 91.8 Å². The number of thiazole rings is 2. The zero-order chi connectivity index (χ0) is 43.7. The maximum atomic E-state index is 13.7. The third kappa shape index (κ3) is 8.99. The molecule has 2 fully saturated rings. The number of carboxylic acids is 2. The monoisotopic (exact) mass is 935 g/mol. The van der Waals surface area contributed by atoms with E-state index in [9.17, 15) is 39.0 Å². The molecule has 0 spiro atoms. The molecular formula is C42H41N5O8S6. The van der Waals surface area contributed by atoms with Crippen LogP contribution in [0.3, 0.4) is 0 Å².